The van der Waals surface area contributed by atoms with Gasteiger partial charge in [-0.3, -0.25) is 9.36 Å². The maximum atomic E-state index is 12.5. The number of hydrogen-bond donors (Lipinski definition) is 1. The average Bonchev–Trinajstić information content (AvgIpc) is 3.32. The lowest BCUT2D eigenvalue weighted by Gasteiger charge is -2.19. The molecule has 0 aliphatic heterocycles. The zero-order chi connectivity index (χ0) is 26.3. The van der Waals surface area contributed by atoms with Crippen LogP contribution in [0.25, 0.3) is 23.2 Å². The number of carbonyl (C=O) groups excluding carboxylic acids is 1. The van der Waals surface area contributed by atoms with Gasteiger partial charge < -0.3 is 0 Å². The quantitative estimate of drug-likeness (QED) is 0.142. The number of para-hydroxylation sites is 1. The number of thioether (sulfide) groups is 1. The van der Waals surface area contributed by atoms with Crippen LogP contribution in [0.2, 0.25) is 0 Å². The van der Waals surface area contributed by atoms with Crippen molar-refractivity contribution in [2.75, 3.05) is 5.75 Å². The number of nitrogens with one attached hydrogen (secondary N) is 1. The molecule has 1 N–H and O–H groups in total. The van der Waals surface area contributed by atoms with Crippen molar-refractivity contribution in [2.45, 2.75) is 31.3 Å². The summed E-state index contributed by atoms with van der Waals surface area (Å²) >= 11 is 4.76. The van der Waals surface area contributed by atoms with Crippen molar-refractivity contribution >= 4 is 45.9 Å². The fourth-order valence-corrected chi connectivity index (χ4v) is 4.66. The third-order valence-electron chi connectivity index (χ3n) is 5.47. The molecule has 3 aromatic carbocycles. The van der Waals surface area contributed by atoms with Crippen LogP contribution in [0, 0.1) is 0 Å². The van der Waals surface area contributed by atoms with E-state index in [4.69, 9.17) is 0 Å². The molecule has 0 unspecified atom stereocenters. The number of benzene rings is 3. The van der Waals surface area contributed by atoms with Crippen molar-refractivity contribution in [1.82, 2.24) is 20.2 Å². The van der Waals surface area contributed by atoms with E-state index in [1.807, 2.05) is 71.3 Å². The first kappa shape index (κ1) is 26.6. The third kappa shape index (κ3) is 7.27. The van der Waals surface area contributed by atoms with Gasteiger partial charge in [0.05, 0.1) is 12.0 Å². The highest BCUT2D eigenvalue weighted by Gasteiger charge is 2.19. The molecule has 0 fully saturated rings. The van der Waals surface area contributed by atoms with Gasteiger partial charge in [0.1, 0.15) is 0 Å². The number of halogens is 1. The average molecular weight is 575 g/mol. The maximum absolute atomic E-state index is 12.5. The van der Waals surface area contributed by atoms with Gasteiger partial charge in [-0.2, -0.15) is 5.10 Å². The predicted molar refractivity (Wildman–Crippen MR) is 156 cm³/mol. The minimum Gasteiger partial charge on any atom is -0.272 e. The number of carbonyl (C=O) groups is 1. The largest absolute Gasteiger partial charge is 0.272 e. The molecule has 0 spiro atoms. The van der Waals surface area contributed by atoms with Crippen LogP contribution in [0.3, 0.4) is 0 Å². The molecule has 0 saturated heterocycles. The summed E-state index contributed by atoms with van der Waals surface area (Å²) < 4.78 is 2.73. The summed E-state index contributed by atoms with van der Waals surface area (Å²) in [6.45, 7) is 6.57. The van der Waals surface area contributed by atoms with E-state index in [-0.39, 0.29) is 17.1 Å². The molecule has 1 amide bonds. The van der Waals surface area contributed by atoms with Crippen molar-refractivity contribution < 1.29 is 4.79 Å². The molecule has 0 aliphatic carbocycles. The summed E-state index contributed by atoms with van der Waals surface area (Å²) in [6, 6.07) is 28.2. The van der Waals surface area contributed by atoms with Crippen LogP contribution in [-0.4, -0.2) is 32.6 Å². The second-order valence-corrected chi connectivity index (χ2v) is 11.2. The Morgan fingerprint density at radius 2 is 1.62 bits per heavy atom. The van der Waals surface area contributed by atoms with E-state index >= 15 is 0 Å². The van der Waals surface area contributed by atoms with Crippen molar-refractivity contribution in [3.05, 3.63) is 101 Å². The summed E-state index contributed by atoms with van der Waals surface area (Å²) in [6.07, 6.45) is 3.48. The summed E-state index contributed by atoms with van der Waals surface area (Å²) in [5.74, 6) is 0.633. The Balaban J connectivity index is 1.47. The van der Waals surface area contributed by atoms with E-state index in [1.54, 1.807) is 6.21 Å². The molecule has 4 rings (SSSR count). The Morgan fingerprint density at radius 1 is 0.973 bits per heavy atom. The second-order valence-electron chi connectivity index (χ2n) is 9.33. The molecule has 6 nitrogen and oxygen atoms in total. The summed E-state index contributed by atoms with van der Waals surface area (Å²) in [4.78, 5) is 12.5. The van der Waals surface area contributed by atoms with E-state index in [2.05, 4.69) is 81.7 Å². The van der Waals surface area contributed by atoms with E-state index < -0.39 is 0 Å². The second kappa shape index (κ2) is 12.2. The Hall–Kier alpha value is -3.49. The SMILES string of the molecule is CC(C)(C)c1ccc(-c2nnc(SCC(=O)N/N=C/C(Br)=C/c3ccccc3)n2-c2ccccc2)cc1. The number of rotatable bonds is 8. The molecule has 188 valence electrons. The Kier molecular flexibility index (Phi) is 8.74. The van der Waals surface area contributed by atoms with Gasteiger partial charge in [-0.05, 0) is 50.7 Å². The van der Waals surface area contributed by atoms with Gasteiger partial charge in [0.15, 0.2) is 11.0 Å². The van der Waals surface area contributed by atoms with Gasteiger partial charge in [0.25, 0.3) is 5.91 Å². The fourth-order valence-electron chi connectivity index (χ4n) is 3.55. The van der Waals surface area contributed by atoms with Crippen molar-refractivity contribution in [3.8, 4) is 17.1 Å². The molecule has 37 heavy (non-hydrogen) atoms. The van der Waals surface area contributed by atoms with E-state index in [0.717, 1.165) is 27.1 Å². The van der Waals surface area contributed by atoms with Crippen LogP contribution >= 0.6 is 27.7 Å². The summed E-state index contributed by atoms with van der Waals surface area (Å²) in [5.41, 5.74) is 6.80. The predicted octanol–water partition coefficient (Wildman–Crippen LogP) is 6.86. The topological polar surface area (TPSA) is 72.2 Å². The van der Waals surface area contributed by atoms with Crippen LogP contribution in [-0.2, 0) is 10.2 Å². The molecule has 0 saturated carbocycles. The number of amides is 1. The van der Waals surface area contributed by atoms with Gasteiger partial charge in [-0.1, -0.05) is 105 Å². The molecule has 1 aromatic heterocycles. The van der Waals surface area contributed by atoms with Crippen LogP contribution in [0.15, 0.2) is 99.7 Å². The minimum atomic E-state index is -0.236. The van der Waals surface area contributed by atoms with Gasteiger partial charge in [0, 0.05) is 15.7 Å². The first-order valence-electron chi connectivity index (χ1n) is 11.8. The zero-order valence-electron chi connectivity index (χ0n) is 20.9. The fraction of sp³-hybridized carbons (Fsp3) is 0.172. The highest BCUT2D eigenvalue weighted by Crippen LogP contribution is 2.30. The van der Waals surface area contributed by atoms with Gasteiger partial charge in [0.2, 0.25) is 0 Å². The first-order valence-corrected chi connectivity index (χ1v) is 13.6. The lowest BCUT2D eigenvalue weighted by molar-refractivity contribution is -0.118. The standard InChI is InChI=1S/C29H28BrN5OS/c1-29(2,3)23-16-14-22(15-17-23)27-33-34-28(35(27)25-12-8-5-9-13-25)37-20-26(36)32-31-19-24(30)18-21-10-6-4-7-11-21/h4-19H,20H2,1-3H3,(H,32,36)/b24-18-,31-19+. The van der Waals surface area contributed by atoms with E-state index in [0.29, 0.717) is 5.16 Å². The lowest BCUT2D eigenvalue weighted by atomic mass is 9.87. The minimum absolute atomic E-state index is 0.0649. The van der Waals surface area contributed by atoms with E-state index in [9.17, 15) is 4.79 Å². The molecule has 0 atom stereocenters. The smallest absolute Gasteiger partial charge is 0.250 e. The number of aromatic nitrogens is 3. The third-order valence-corrected chi connectivity index (χ3v) is 6.83. The van der Waals surface area contributed by atoms with Gasteiger partial charge >= 0.3 is 0 Å². The highest BCUT2D eigenvalue weighted by molar-refractivity contribution is 9.12. The number of allylic oxidation sites excluding steroid dienone is 1. The first-order chi connectivity index (χ1) is 17.8. The molecular weight excluding hydrogens is 546 g/mol. The van der Waals surface area contributed by atoms with E-state index in [1.165, 1.54) is 17.3 Å². The summed E-state index contributed by atoms with van der Waals surface area (Å²) in [7, 11) is 0. The molecular formula is C29H28BrN5OS. The van der Waals surface area contributed by atoms with Crippen LogP contribution in [0.1, 0.15) is 31.9 Å². The molecule has 4 aromatic rings. The maximum Gasteiger partial charge on any atom is 0.250 e. The highest BCUT2D eigenvalue weighted by atomic mass is 79.9. The molecule has 0 bridgehead atoms. The normalized spacial score (nSPS) is 12.2. The van der Waals surface area contributed by atoms with Crippen LogP contribution in [0.5, 0.6) is 0 Å². The van der Waals surface area contributed by atoms with Crippen LogP contribution in [0.4, 0.5) is 0 Å². The summed E-state index contributed by atoms with van der Waals surface area (Å²) in [5, 5.41) is 13.6. The lowest BCUT2D eigenvalue weighted by Crippen LogP contribution is -2.19. The molecule has 0 radical (unpaired) electrons. The zero-order valence-corrected chi connectivity index (χ0v) is 23.3. The van der Waals surface area contributed by atoms with Gasteiger partial charge in [-0.25, -0.2) is 5.43 Å². The Morgan fingerprint density at radius 3 is 2.27 bits per heavy atom. The molecule has 8 heteroatoms. The van der Waals surface area contributed by atoms with Crippen molar-refractivity contribution in [2.24, 2.45) is 5.10 Å². The molecule has 1 heterocycles. The Bertz CT molecular complexity index is 1390. The van der Waals surface area contributed by atoms with Crippen LogP contribution < -0.4 is 5.43 Å². The number of nitrogens with zero attached hydrogens (tertiary/aromatic N) is 4. The number of hydrogen-bond acceptors (Lipinski definition) is 5. The van der Waals surface area contributed by atoms with Crippen molar-refractivity contribution in [1.29, 1.82) is 0 Å². The monoisotopic (exact) mass is 573 g/mol. The Labute approximate surface area is 230 Å². The van der Waals surface area contributed by atoms with Crippen molar-refractivity contribution in [3.63, 3.8) is 0 Å². The van der Waals surface area contributed by atoms with Gasteiger partial charge in [-0.15, -0.1) is 10.2 Å². The molecule has 0 aliphatic rings. The number of hydrazone groups is 1.